The number of aromatic nitrogens is 3. The van der Waals surface area contributed by atoms with Crippen molar-refractivity contribution in [2.24, 2.45) is 0 Å². The minimum atomic E-state index is -0.840. The molecule has 3 aromatic rings. The highest BCUT2D eigenvalue weighted by molar-refractivity contribution is 7.16. The number of esters is 1. The van der Waals surface area contributed by atoms with Crippen LogP contribution in [0.15, 0.2) is 35.1 Å². The molecule has 3 heterocycles. The van der Waals surface area contributed by atoms with Crippen LogP contribution in [-0.4, -0.2) is 33.3 Å². The van der Waals surface area contributed by atoms with E-state index in [4.69, 9.17) is 14.2 Å². The van der Waals surface area contributed by atoms with E-state index in [1.165, 1.54) is 21.9 Å². The zero-order chi connectivity index (χ0) is 17.4. The Morgan fingerprint density at radius 3 is 3.04 bits per heavy atom. The average molecular weight is 359 g/mol. The molecule has 1 aliphatic heterocycles. The second-order valence-electron chi connectivity index (χ2n) is 5.40. The molecule has 0 unspecified atom stereocenters. The number of fused-ring (bicyclic) bond motifs is 2. The maximum Gasteiger partial charge on any atom is 0.351 e. The van der Waals surface area contributed by atoms with Crippen molar-refractivity contribution in [1.29, 1.82) is 0 Å². The molecule has 0 bridgehead atoms. The number of aryl methyl sites for hydroxylation is 1. The normalized spacial score (nSPS) is 16.0. The van der Waals surface area contributed by atoms with Crippen molar-refractivity contribution in [1.82, 2.24) is 14.6 Å². The first-order valence-corrected chi connectivity index (χ1v) is 8.33. The number of carbonyl (C=O) groups excluding carboxylic acids is 1. The molecule has 4 rings (SSSR count). The summed E-state index contributed by atoms with van der Waals surface area (Å²) >= 11 is 1.19. The molecule has 0 saturated heterocycles. The van der Waals surface area contributed by atoms with Crippen LogP contribution in [0.3, 0.4) is 0 Å². The van der Waals surface area contributed by atoms with Crippen LogP contribution in [0.5, 0.6) is 11.5 Å². The van der Waals surface area contributed by atoms with Gasteiger partial charge in [0.2, 0.25) is 11.1 Å². The Morgan fingerprint density at radius 1 is 1.40 bits per heavy atom. The highest BCUT2D eigenvalue weighted by Gasteiger charge is 2.29. The van der Waals surface area contributed by atoms with Crippen molar-refractivity contribution >= 4 is 22.3 Å². The first kappa shape index (κ1) is 15.6. The second kappa shape index (κ2) is 6.17. The number of para-hydroxylation sites is 2. The van der Waals surface area contributed by atoms with Gasteiger partial charge in [-0.15, -0.1) is 0 Å². The van der Waals surface area contributed by atoms with Crippen molar-refractivity contribution in [2.45, 2.75) is 19.6 Å². The molecule has 25 heavy (non-hydrogen) atoms. The standard InChI is InChI=1S/C16H13N3O5S/c1-9-6-14(20)19-16(17-9)25-13(18-19)8-23-15(21)12-7-22-10-4-2-3-5-11(10)24-12/h2-6,12H,7-8H2,1H3/t12-/m0/s1. The molecule has 2 aromatic heterocycles. The molecule has 0 radical (unpaired) electrons. The van der Waals surface area contributed by atoms with Gasteiger partial charge in [-0.25, -0.2) is 9.78 Å². The number of hydrogen-bond donors (Lipinski definition) is 0. The SMILES string of the molecule is Cc1cc(=O)n2nc(COC(=O)[C@@H]3COc4ccccc4O3)sc2n1. The number of carbonyl (C=O) groups is 1. The van der Waals surface area contributed by atoms with E-state index in [1.54, 1.807) is 25.1 Å². The van der Waals surface area contributed by atoms with Crippen LogP contribution < -0.4 is 15.0 Å². The highest BCUT2D eigenvalue weighted by atomic mass is 32.1. The van der Waals surface area contributed by atoms with E-state index < -0.39 is 12.1 Å². The lowest BCUT2D eigenvalue weighted by atomic mass is 10.2. The van der Waals surface area contributed by atoms with Gasteiger partial charge in [-0.1, -0.05) is 23.5 Å². The maximum atomic E-state index is 12.2. The minimum absolute atomic E-state index is 0.0626. The third-order valence-electron chi connectivity index (χ3n) is 3.52. The van der Waals surface area contributed by atoms with Crippen LogP contribution in [0, 0.1) is 6.92 Å². The lowest BCUT2D eigenvalue weighted by Gasteiger charge is -2.24. The molecule has 0 fully saturated rings. The fraction of sp³-hybridized carbons (Fsp3) is 0.250. The molecule has 1 aromatic carbocycles. The molecule has 1 atom stereocenters. The third kappa shape index (κ3) is 3.05. The minimum Gasteiger partial charge on any atom is -0.485 e. The molecule has 9 heteroatoms. The fourth-order valence-corrected chi connectivity index (χ4v) is 3.24. The summed E-state index contributed by atoms with van der Waals surface area (Å²) in [5, 5.41) is 4.59. The van der Waals surface area contributed by atoms with E-state index in [9.17, 15) is 9.59 Å². The van der Waals surface area contributed by atoms with Crippen LogP contribution in [0.25, 0.3) is 4.96 Å². The van der Waals surface area contributed by atoms with Gasteiger partial charge in [0.1, 0.15) is 13.2 Å². The summed E-state index contributed by atoms with van der Waals surface area (Å²) in [5.41, 5.74) is 0.348. The van der Waals surface area contributed by atoms with Crippen LogP contribution in [-0.2, 0) is 16.1 Å². The maximum absolute atomic E-state index is 12.2. The molecular weight excluding hydrogens is 346 g/mol. The molecule has 0 aliphatic carbocycles. The lowest BCUT2D eigenvalue weighted by Crippen LogP contribution is -2.37. The average Bonchev–Trinajstić information content (AvgIpc) is 3.02. The van der Waals surface area contributed by atoms with Gasteiger partial charge in [0.25, 0.3) is 5.56 Å². The Morgan fingerprint density at radius 2 is 2.20 bits per heavy atom. The summed E-state index contributed by atoms with van der Waals surface area (Å²) in [6, 6.07) is 8.51. The van der Waals surface area contributed by atoms with E-state index in [0.29, 0.717) is 27.2 Å². The van der Waals surface area contributed by atoms with E-state index >= 15 is 0 Å². The van der Waals surface area contributed by atoms with Crippen LogP contribution in [0.1, 0.15) is 10.7 Å². The van der Waals surface area contributed by atoms with Gasteiger partial charge in [0.05, 0.1) is 0 Å². The molecular formula is C16H13N3O5S. The molecule has 128 valence electrons. The smallest absolute Gasteiger partial charge is 0.351 e. The zero-order valence-corrected chi connectivity index (χ0v) is 14.0. The highest BCUT2D eigenvalue weighted by Crippen LogP contribution is 2.31. The first-order chi connectivity index (χ1) is 12.1. The topological polar surface area (TPSA) is 92.0 Å². The molecule has 0 spiro atoms. The monoisotopic (exact) mass is 359 g/mol. The quantitative estimate of drug-likeness (QED) is 0.652. The van der Waals surface area contributed by atoms with Crippen LogP contribution >= 0.6 is 11.3 Å². The van der Waals surface area contributed by atoms with Gasteiger partial charge in [0.15, 0.2) is 16.5 Å². The van der Waals surface area contributed by atoms with Crippen LogP contribution in [0.2, 0.25) is 0 Å². The van der Waals surface area contributed by atoms with Crippen molar-refractivity contribution in [3.05, 3.63) is 51.4 Å². The van der Waals surface area contributed by atoms with Crippen molar-refractivity contribution in [2.75, 3.05) is 6.61 Å². The van der Waals surface area contributed by atoms with Gasteiger partial charge < -0.3 is 14.2 Å². The van der Waals surface area contributed by atoms with Crippen molar-refractivity contribution in [3.8, 4) is 11.5 Å². The summed E-state index contributed by atoms with van der Waals surface area (Å²) in [6.07, 6.45) is -0.840. The molecule has 8 nitrogen and oxygen atoms in total. The molecule has 1 aliphatic rings. The van der Waals surface area contributed by atoms with Gasteiger partial charge in [-0.3, -0.25) is 4.79 Å². The number of rotatable bonds is 3. The summed E-state index contributed by atoms with van der Waals surface area (Å²) in [6.45, 7) is 1.75. The summed E-state index contributed by atoms with van der Waals surface area (Å²) in [4.78, 5) is 28.7. The lowest BCUT2D eigenvalue weighted by molar-refractivity contribution is -0.155. The Labute approximate surface area is 145 Å². The van der Waals surface area contributed by atoms with Gasteiger partial charge >= 0.3 is 5.97 Å². The summed E-state index contributed by atoms with van der Waals surface area (Å²) < 4.78 is 17.5. The van der Waals surface area contributed by atoms with Crippen molar-refractivity contribution in [3.63, 3.8) is 0 Å². The molecule has 0 saturated carbocycles. The number of hydrogen-bond acceptors (Lipinski definition) is 8. The zero-order valence-electron chi connectivity index (χ0n) is 13.2. The predicted molar refractivity (Wildman–Crippen MR) is 88.0 cm³/mol. The van der Waals surface area contributed by atoms with E-state index in [2.05, 4.69) is 10.1 Å². The first-order valence-electron chi connectivity index (χ1n) is 7.52. The van der Waals surface area contributed by atoms with E-state index in [0.717, 1.165) is 0 Å². The number of ether oxygens (including phenoxy) is 3. The Bertz CT molecular complexity index is 1010. The second-order valence-corrected chi connectivity index (χ2v) is 6.44. The van der Waals surface area contributed by atoms with Crippen LogP contribution in [0.4, 0.5) is 0 Å². The predicted octanol–water partition coefficient (Wildman–Crippen LogP) is 1.34. The number of benzene rings is 1. The molecule has 0 amide bonds. The van der Waals surface area contributed by atoms with Crippen molar-refractivity contribution < 1.29 is 19.0 Å². The van der Waals surface area contributed by atoms with E-state index in [-0.39, 0.29) is 18.8 Å². The Kier molecular flexibility index (Phi) is 3.85. The molecule has 0 N–H and O–H groups in total. The third-order valence-corrected chi connectivity index (χ3v) is 4.41. The summed E-state index contributed by atoms with van der Waals surface area (Å²) in [7, 11) is 0. The largest absolute Gasteiger partial charge is 0.485 e. The fourth-order valence-electron chi connectivity index (χ4n) is 2.38. The van der Waals surface area contributed by atoms with Gasteiger partial charge in [0, 0.05) is 11.8 Å². The summed E-state index contributed by atoms with van der Waals surface area (Å²) in [5.74, 6) is 0.547. The number of nitrogens with zero attached hydrogens (tertiary/aromatic N) is 3. The van der Waals surface area contributed by atoms with E-state index in [1.807, 2.05) is 6.07 Å². The van der Waals surface area contributed by atoms with Gasteiger partial charge in [-0.05, 0) is 19.1 Å². The van der Waals surface area contributed by atoms with Gasteiger partial charge in [-0.2, -0.15) is 9.61 Å². The Hall–Kier alpha value is -2.94. The Balaban J connectivity index is 1.44.